The zero-order chi connectivity index (χ0) is 20.9. The first-order chi connectivity index (χ1) is 13.0. The van der Waals surface area contributed by atoms with E-state index in [0.29, 0.717) is 18.6 Å². The molecule has 3 saturated carbocycles. The van der Waals surface area contributed by atoms with Crippen LogP contribution in [0.15, 0.2) is 0 Å². The molecule has 0 saturated heterocycles. The third-order valence-electron chi connectivity index (χ3n) is 9.07. The normalized spacial score (nSPS) is 49.1. The Morgan fingerprint density at radius 2 is 1.93 bits per heavy atom. The lowest BCUT2D eigenvalue weighted by atomic mass is 9.51. The first-order valence-electron chi connectivity index (χ1n) is 10.8. The van der Waals surface area contributed by atoms with Crippen LogP contribution >= 0.6 is 0 Å². The number of hydrogen-bond acceptors (Lipinski definition) is 5. The van der Waals surface area contributed by atoms with Gasteiger partial charge in [-0.05, 0) is 61.7 Å². The van der Waals surface area contributed by atoms with E-state index in [1.165, 1.54) is 0 Å². The van der Waals surface area contributed by atoms with E-state index >= 15 is 0 Å². The van der Waals surface area contributed by atoms with Crippen molar-refractivity contribution in [3.8, 4) is 0 Å². The molecule has 3 bridgehead atoms. The Morgan fingerprint density at radius 1 is 1.25 bits per heavy atom. The summed E-state index contributed by atoms with van der Waals surface area (Å²) in [5.41, 5.74) is -1.20. The highest BCUT2D eigenvalue weighted by Crippen LogP contribution is 2.62. The number of aliphatic hydroxyl groups is 1. The largest absolute Gasteiger partial charge is 0.393 e. The maximum atomic E-state index is 12.9. The molecule has 3 rings (SSSR count). The number of ketones is 2. The van der Waals surface area contributed by atoms with Crippen molar-refractivity contribution in [3.05, 3.63) is 0 Å². The Kier molecular flexibility index (Phi) is 5.85. The summed E-state index contributed by atoms with van der Waals surface area (Å²) in [5.74, 6) is 0.816. The molecule has 3 aliphatic rings. The molecule has 5 heteroatoms. The zero-order valence-corrected chi connectivity index (χ0v) is 18.4. The summed E-state index contributed by atoms with van der Waals surface area (Å²) in [5, 5.41) is 11.5. The molecule has 28 heavy (non-hydrogen) atoms. The molecule has 0 amide bonds. The van der Waals surface area contributed by atoms with Crippen LogP contribution in [0.3, 0.4) is 0 Å². The first kappa shape index (κ1) is 21.9. The molecule has 0 aromatic carbocycles. The van der Waals surface area contributed by atoms with Crippen molar-refractivity contribution in [1.82, 2.24) is 0 Å². The van der Waals surface area contributed by atoms with Crippen LogP contribution in [0.2, 0.25) is 0 Å². The van der Waals surface area contributed by atoms with Gasteiger partial charge in [-0.1, -0.05) is 27.7 Å². The third-order valence-corrected chi connectivity index (χ3v) is 9.07. The van der Waals surface area contributed by atoms with E-state index in [4.69, 9.17) is 9.47 Å². The Hall–Kier alpha value is -0.780. The third kappa shape index (κ3) is 3.27. The van der Waals surface area contributed by atoms with E-state index in [1.54, 1.807) is 14.0 Å². The number of fused-ring (bicyclic) bond motifs is 2. The Balaban J connectivity index is 2.15. The van der Waals surface area contributed by atoms with E-state index in [9.17, 15) is 14.7 Å². The van der Waals surface area contributed by atoms with E-state index in [-0.39, 0.29) is 47.3 Å². The van der Waals surface area contributed by atoms with Gasteiger partial charge in [0, 0.05) is 19.4 Å². The maximum absolute atomic E-state index is 12.9. The summed E-state index contributed by atoms with van der Waals surface area (Å²) in [6.45, 7) is 10.2. The highest BCUT2D eigenvalue weighted by molar-refractivity contribution is 5.83. The van der Waals surface area contributed by atoms with Gasteiger partial charge in [-0.25, -0.2) is 0 Å². The van der Waals surface area contributed by atoms with Gasteiger partial charge in [0.15, 0.2) is 0 Å². The highest BCUT2D eigenvalue weighted by Gasteiger charge is 2.61. The average molecular weight is 395 g/mol. The van der Waals surface area contributed by atoms with Crippen LogP contribution in [0.5, 0.6) is 0 Å². The van der Waals surface area contributed by atoms with Crippen molar-refractivity contribution in [2.45, 2.75) is 85.4 Å². The summed E-state index contributed by atoms with van der Waals surface area (Å²) in [6, 6.07) is 0. The average Bonchev–Trinajstić information content (AvgIpc) is 2.72. The Bertz CT molecular complexity index is 632. The smallest absolute Gasteiger partial charge is 0.146 e. The highest BCUT2D eigenvalue weighted by atomic mass is 16.7. The van der Waals surface area contributed by atoms with Crippen molar-refractivity contribution < 1.29 is 24.2 Å². The lowest BCUT2D eigenvalue weighted by Gasteiger charge is -2.56. The first-order valence-corrected chi connectivity index (χ1v) is 10.8. The number of methoxy groups -OCH3 is 1. The van der Waals surface area contributed by atoms with Crippen LogP contribution in [0.1, 0.15) is 73.1 Å². The fourth-order valence-electron chi connectivity index (χ4n) is 6.75. The summed E-state index contributed by atoms with van der Waals surface area (Å²) in [7, 11) is 1.59. The van der Waals surface area contributed by atoms with Crippen LogP contribution in [0, 0.1) is 34.0 Å². The van der Waals surface area contributed by atoms with Gasteiger partial charge in [-0.15, -0.1) is 0 Å². The van der Waals surface area contributed by atoms with Gasteiger partial charge in [0.2, 0.25) is 0 Å². The monoisotopic (exact) mass is 394 g/mol. The number of aliphatic hydroxyl groups excluding tert-OH is 1. The van der Waals surface area contributed by atoms with Crippen molar-refractivity contribution in [1.29, 1.82) is 0 Å². The number of ether oxygens (including phenoxy) is 2. The molecule has 0 aliphatic heterocycles. The van der Waals surface area contributed by atoms with Gasteiger partial charge < -0.3 is 14.6 Å². The fraction of sp³-hybridized carbons (Fsp3) is 0.913. The Labute approximate surface area is 169 Å². The molecule has 5 nitrogen and oxygen atoms in total. The lowest BCUT2D eigenvalue weighted by molar-refractivity contribution is -0.196. The molecular formula is C23H38O5. The fourth-order valence-corrected chi connectivity index (χ4v) is 6.75. The van der Waals surface area contributed by atoms with Crippen molar-refractivity contribution in [2.75, 3.05) is 13.9 Å². The number of carbonyl (C=O) groups excluding carboxylic acids is 2. The summed E-state index contributed by atoms with van der Waals surface area (Å²) >= 11 is 0. The summed E-state index contributed by atoms with van der Waals surface area (Å²) < 4.78 is 11.4. The molecule has 8 atom stereocenters. The molecule has 1 spiro atoms. The minimum atomic E-state index is -0.785. The van der Waals surface area contributed by atoms with Crippen LogP contribution < -0.4 is 0 Å². The molecule has 2 unspecified atom stereocenters. The van der Waals surface area contributed by atoms with E-state index in [0.717, 1.165) is 25.7 Å². The molecule has 3 aliphatic carbocycles. The molecule has 1 N–H and O–H groups in total. The van der Waals surface area contributed by atoms with Crippen molar-refractivity contribution in [3.63, 3.8) is 0 Å². The molecule has 0 radical (unpaired) electrons. The summed E-state index contributed by atoms with van der Waals surface area (Å²) in [4.78, 5) is 25.6. The molecule has 0 aromatic heterocycles. The standard InChI is InChI=1S/C23H38O5/c1-14-9-17-10-23(8-7-18(17)25)12-22(14,5)19(26)11-21(4,16(3)24)20(15(23)2)28-13-27-6/h14-15,17,19-20,26H,7-13H2,1-6H3/t14-,15+,17?,19-,20+,21+,22+,23?/m1/s1. The van der Waals surface area contributed by atoms with Gasteiger partial charge >= 0.3 is 0 Å². The summed E-state index contributed by atoms with van der Waals surface area (Å²) in [6.07, 6.45) is 3.42. The van der Waals surface area contributed by atoms with Crippen LogP contribution in [-0.2, 0) is 19.1 Å². The van der Waals surface area contributed by atoms with Crippen molar-refractivity contribution >= 4 is 11.6 Å². The quantitative estimate of drug-likeness (QED) is 0.735. The second kappa shape index (κ2) is 7.48. The topological polar surface area (TPSA) is 72.8 Å². The molecule has 0 heterocycles. The predicted molar refractivity (Wildman–Crippen MR) is 107 cm³/mol. The van der Waals surface area contributed by atoms with Crippen LogP contribution in [-0.4, -0.2) is 42.8 Å². The second-order valence-electron chi connectivity index (χ2n) is 10.5. The van der Waals surface area contributed by atoms with Gasteiger partial charge in [-0.2, -0.15) is 0 Å². The van der Waals surface area contributed by atoms with Gasteiger partial charge in [0.25, 0.3) is 0 Å². The maximum Gasteiger partial charge on any atom is 0.146 e. The van der Waals surface area contributed by atoms with Crippen molar-refractivity contribution in [2.24, 2.45) is 34.0 Å². The van der Waals surface area contributed by atoms with E-state index in [2.05, 4.69) is 20.8 Å². The minimum Gasteiger partial charge on any atom is -0.393 e. The number of hydrogen-bond donors (Lipinski definition) is 1. The van der Waals surface area contributed by atoms with E-state index < -0.39 is 11.5 Å². The molecule has 3 fully saturated rings. The van der Waals surface area contributed by atoms with Gasteiger partial charge in [-0.3, -0.25) is 9.59 Å². The molecule has 0 aromatic rings. The Morgan fingerprint density at radius 3 is 2.54 bits per heavy atom. The SMILES string of the molecule is COCO[C@H]1[C@H](C)C23CCC(=O)C(C[C@@H](C)[C@](C)(C2)[C@H](O)C[C@@]1(C)C(C)=O)C3. The van der Waals surface area contributed by atoms with Crippen LogP contribution in [0.4, 0.5) is 0 Å². The van der Waals surface area contributed by atoms with Gasteiger partial charge in [0.1, 0.15) is 18.4 Å². The van der Waals surface area contributed by atoms with Crippen LogP contribution in [0.25, 0.3) is 0 Å². The zero-order valence-electron chi connectivity index (χ0n) is 18.4. The number of rotatable bonds is 4. The number of Topliss-reactive ketones (excluding diaryl/α,β-unsaturated/α-hetero) is 2. The number of carbonyl (C=O) groups is 2. The second-order valence-corrected chi connectivity index (χ2v) is 10.5. The minimum absolute atomic E-state index is 0.0502. The molecular weight excluding hydrogens is 356 g/mol. The lowest BCUT2D eigenvalue weighted by Crippen LogP contribution is -2.57. The van der Waals surface area contributed by atoms with E-state index in [1.807, 2.05) is 6.92 Å². The molecule has 160 valence electrons. The predicted octanol–water partition coefficient (Wildman–Crippen LogP) is 3.76. The van der Waals surface area contributed by atoms with Gasteiger partial charge in [0.05, 0.1) is 17.6 Å².